The summed E-state index contributed by atoms with van der Waals surface area (Å²) in [6.45, 7) is -1.46. The first-order valence-corrected chi connectivity index (χ1v) is 2.93. The first-order chi connectivity index (χ1) is 5.80. The van der Waals surface area contributed by atoms with E-state index in [1.165, 1.54) is 0 Å². The van der Waals surface area contributed by atoms with Gasteiger partial charge in [0.25, 0.3) is 11.7 Å². The van der Waals surface area contributed by atoms with Crippen LogP contribution < -0.4 is 0 Å². The third kappa shape index (κ3) is 2.66. The third-order valence-corrected chi connectivity index (χ3v) is 1.30. The highest BCUT2D eigenvalue weighted by molar-refractivity contribution is 6.21. The molecule has 0 heterocycles. The molecule has 0 radical (unpaired) electrons. The Kier molecular flexibility index (Phi) is 3.30. The molecule has 11 heteroatoms. The van der Waals surface area contributed by atoms with Crippen molar-refractivity contribution in [3.63, 3.8) is 0 Å². The van der Waals surface area contributed by atoms with Gasteiger partial charge in [0.2, 0.25) is 0 Å². The van der Waals surface area contributed by atoms with Crippen molar-refractivity contribution in [2.75, 3.05) is 6.61 Å². The Morgan fingerprint density at radius 1 is 1.15 bits per heavy atom. The maximum atomic E-state index is 10.0. The second-order valence-electron chi connectivity index (χ2n) is 1.73. The van der Waals surface area contributed by atoms with Crippen molar-refractivity contribution in [3.8, 4) is 0 Å². The predicted molar refractivity (Wildman–Crippen MR) is 35.5 cm³/mol. The van der Waals surface area contributed by atoms with Crippen molar-refractivity contribution in [2.45, 2.75) is 5.12 Å². The van der Waals surface area contributed by atoms with Gasteiger partial charge in [-0.2, -0.15) is 0 Å². The Balaban J connectivity index is 4.52. The lowest BCUT2D eigenvalue weighted by Gasteiger charge is -2.07. The van der Waals surface area contributed by atoms with Gasteiger partial charge in [-0.25, -0.2) is 0 Å². The highest BCUT2D eigenvalue weighted by Gasteiger charge is 2.56. The molecular formula is C2H2ClN3O7. The molecule has 0 spiro atoms. The summed E-state index contributed by atoms with van der Waals surface area (Å²) >= 11 is 4.83. The fraction of sp³-hybridized carbons (Fsp3) is 1.00. The van der Waals surface area contributed by atoms with E-state index in [0.29, 0.717) is 0 Å². The van der Waals surface area contributed by atoms with Gasteiger partial charge in [-0.15, -0.1) is 10.1 Å². The lowest BCUT2D eigenvalue weighted by molar-refractivity contribution is -0.816. The number of rotatable bonds is 5. The van der Waals surface area contributed by atoms with E-state index < -0.39 is 26.7 Å². The fourth-order valence-corrected chi connectivity index (χ4v) is 0.356. The Morgan fingerprint density at radius 2 is 1.54 bits per heavy atom. The van der Waals surface area contributed by atoms with Crippen molar-refractivity contribution in [1.29, 1.82) is 0 Å². The lowest BCUT2D eigenvalue weighted by atomic mass is 10.6. The SMILES string of the molecule is O=[N+]([O-])OCC(Cl)([N+](=O)[O-])[N+](=O)[O-]. The topological polar surface area (TPSA) is 139 Å². The summed E-state index contributed by atoms with van der Waals surface area (Å²) in [5, 5.41) is 25.0. The minimum Gasteiger partial charge on any atom is -0.296 e. The van der Waals surface area contributed by atoms with Crippen molar-refractivity contribution >= 4 is 11.6 Å². The quantitative estimate of drug-likeness (QED) is 0.200. The van der Waals surface area contributed by atoms with Crippen LogP contribution in [-0.2, 0) is 4.84 Å². The van der Waals surface area contributed by atoms with Crippen molar-refractivity contribution in [3.05, 3.63) is 30.3 Å². The summed E-state index contributed by atoms with van der Waals surface area (Å²) in [6.07, 6.45) is 0. The second kappa shape index (κ2) is 3.80. The van der Waals surface area contributed by atoms with Gasteiger partial charge in [0.1, 0.15) is 9.85 Å². The summed E-state index contributed by atoms with van der Waals surface area (Å²) in [4.78, 5) is 30.0. The zero-order valence-corrected chi connectivity index (χ0v) is 6.54. The molecule has 0 unspecified atom stereocenters. The number of hydrogen-bond donors (Lipinski definition) is 0. The highest BCUT2D eigenvalue weighted by atomic mass is 35.5. The first-order valence-electron chi connectivity index (χ1n) is 2.56. The lowest BCUT2D eigenvalue weighted by Crippen LogP contribution is -2.45. The van der Waals surface area contributed by atoms with E-state index in [9.17, 15) is 30.3 Å². The van der Waals surface area contributed by atoms with E-state index in [4.69, 9.17) is 11.6 Å². The molecule has 0 saturated carbocycles. The van der Waals surface area contributed by atoms with Gasteiger partial charge in [0.15, 0.2) is 0 Å². The van der Waals surface area contributed by atoms with Crippen LogP contribution in [0.3, 0.4) is 0 Å². The van der Waals surface area contributed by atoms with Crippen molar-refractivity contribution in [1.82, 2.24) is 0 Å². The predicted octanol–water partition coefficient (Wildman–Crippen LogP) is -0.359. The number of nitro groups is 2. The van der Waals surface area contributed by atoms with Gasteiger partial charge < -0.3 is 0 Å². The van der Waals surface area contributed by atoms with Crippen LogP contribution in [0.4, 0.5) is 0 Å². The molecule has 74 valence electrons. The fourth-order valence-electron chi connectivity index (χ4n) is 0.307. The van der Waals surface area contributed by atoms with E-state index in [1.807, 2.05) is 0 Å². The normalized spacial score (nSPS) is 10.5. The zero-order valence-electron chi connectivity index (χ0n) is 5.78. The zero-order chi connectivity index (χ0) is 10.6. The van der Waals surface area contributed by atoms with E-state index in [2.05, 4.69) is 4.84 Å². The van der Waals surface area contributed by atoms with Gasteiger partial charge in [-0.3, -0.25) is 25.1 Å². The summed E-state index contributed by atoms with van der Waals surface area (Å²) in [7, 11) is 0. The van der Waals surface area contributed by atoms with Crippen LogP contribution in [-0.4, -0.2) is 26.7 Å². The average molecular weight is 216 g/mol. The van der Waals surface area contributed by atoms with Crippen LogP contribution in [0, 0.1) is 30.3 Å². The number of hydrogen-bond acceptors (Lipinski definition) is 7. The molecule has 0 N–H and O–H groups in total. The molecule has 13 heavy (non-hydrogen) atoms. The van der Waals surface area contributed by atoms with E-state index >= 15 is 0 Å². The minimum absolute atomic E-state index is 1.41. The van der Waals surface area contributed by atoms with Gasteiger partial charge in [0.05, 0.1) is 11.6 Å². The van der Waals surface area contributed by atoms with Crippen LogP contribution >= 0.6 is 11.6 Å². The van der Waals surface area contributed by atoms with Gasteiger partial charge in [-0.05, 0) is 0 Å². The van der Waals surface area contributed by atoms with Gasteiger partial charge >= 0.3 is 5.12 Å². The molecule has 0 aliphatic carbocycles. The standard InChI is InChI=1S/C2H2ClN3O7/c3-2(4(7)8,5(9)10)1-13-6(11)12/h1H2. The molecule has 0 fully saturated rings. The molecule has 0 aliphatic rings. The number of halogens is 1. The van der Waals surface area contributed by atoms with Crippen molar-refractivity contribution < 1.29 is 19.8 Å². The maximum Gasteiger partial charge on any atom is 0.560 e. The molecule has 0 aromatic rings. The summed E-state index contributed by atoms with van der Waals surface area (Å²) in [6, 6.07) is 0. The summed E-state index contributed by atoms with van der Waals surface area (Å²) in [5.41, 5.74) is 0. The molecule has 0 atom stereocenters. The van der Waals surface area contributed by atoms with Crippen LogP contribution in [0.5, 0.6) is 0 Å². The largest absolute Gasteiger partial charge is 0.560 e. The van der Waals surface area contributed by atoms with Gasteiger partial charge in [0, 0.05) is 0 Å². The molecule has 0 aromatic heterocycles. The number of nitrogens with zero attached hydrogens (tertiary/aromatic N) is 3. The van der Waals surface area contributed by atoms with Crippen LogP contribution in [0.25, 0.3) is 0 Å². The molecular weight excluding hydrogens is 213 g/mol. The Labute approximate surface area is 74.4 Å². The molecule has 0 saturated heterocycles. The molecule has 0 rings (SSSR count). The molecule has 0 aromatic carbocycles. The van der Waals surface area contributed by atoms with E-state index in [1.54, 1.807) is 0 Å². The summed E-state index contributed by atoms with van der Waals surface area (Å²) in [5.74, 6) is 0. The Morgan fingerprint density at radius 3 is 1.77 bits per heavy atom. The minimum atomic E-state index is -3.22. The van der Waals surface area contributed by atoms with Crippen molar-refractivity contribution in [2.24, 2.45) is 0 Å². The third-order valence-electron chi connectivity index (χ3n) is 0.913. The Bertz CT molecular complexity index is 238. The second-order valence-corrected chi connectivity index (χ2v) is 2.34. The van der Waals surface area contributed by atoms with E-state index in [-0.39, 0.29) is 0 Å². The smallest absolute Gasteiger partial charge is 0.296 e. The Hall–Kier alpha value is -1.71. The average Bonchev–Trinajstić information content (AvgIpc) is 1.99. The molecule has 10 nitrogen and oxygen atoms in total. The maximum absolute atomic E-state index is 10.0. The molecule has 0 amide bonds. The van der Waals surface area contributed by atoms with Crippen LogP contribution in [0.1, 0.15) is 0 Å². The molecule has 0 aliphatic heterocycles. The monoisotopic (exact) mass is 215 g/mol. The van der Waals surface area contributed by atoms with E-state index in [0.717, 1.165) is 0 Å². The number of alkyl halides is 1. The first kappa shape index (κ1) is 11.3. The van der Waals surface area contributed by atoms with Crippen LogP contribution in [0.2, 0.25) is 0 Å². The highest BCUT2D eigenvalue weighted by Crippen LogP contribution is 2.16. The van der Waals surface area contributed by atoms with Gasteiger partial charge in [-0.1, -0.05) is 0 Å². The molecule has 0 bridgehead atoms. The van der Waals surface area contributed by atoms with Crippen LogP contribution in [0.15, 0.2) is 0 Å². The summed E-state index contributed by atoms with van der Waals surface area (Å²) < 4.78 is 0.